The number of benzene rings is 2. The lowest BCUT2D eigenvalue weighted by Crippen LogP contribution is -2.14. The van der Waals surface area contributed by atoms with Gasteiger partial charge in [0.1, 0.15) is 0 Å². The van der Waals surface area contributed by atoms with E-state index in [9.17, 15) is 8.42 Å². The molecule has 0 atom stereocenters. The van der Waals surface area contributed by atoms with Gasteiger partial charge >= 0.3 is 0 Å². The van der Waals surface area contributed by atoms with Gasteiger partial charge in [-0.3, -0.25) is 4.72 Å². The molecule has 0 saturated heterocycles. The van der Waals surface area contributed by atoms with Crippen molar-refractivity contribution in [2.45, 2.75) is 11.8 Å². The predicted molar refractivity (Wildman–Crippen MR) is 83.7 cm³/mol. The molecule has 0 bridgehead atoms. The highest BCUT2D eigenvalue weighted by molar-refractivity contribution is 9.10. The molecule has 0 radical (unpaired) electrons. The van der Waals surface area contributed by atoms with Crippen molar-refractivity contribution in [2.24, 2.45) is 0 Å². The predicted octanol–water partition coefficient (Wildman–Crippen LogP) is 3.70. The number of rotatable bonds is 3. The number of fused-ring (bicyclic) bond motifs is 1. The summed E-state index contributed by atoms with van der Waals surface area (Å²) in [5, 5.41) is 4.40. The summed E-state index contributed by atoms with van der Waals surface area (Å²) in [5.74, 6) is 0.188. The molecule has 7 heteroatoms. The highest BCUT2D eigenvalue weighted by Gasteiger charge is 2.20. The van der Waals surface area contributed by atoms with Gasteiger partial charge in [-0.1, -0.05) is 33.2 Å². The molecular formula is C14H11BrN2O3S. The molecule has 3 aromatic rings. The Labute approximate surface area is 130 Å². The molecule has 0 aliphatic carbocycles. The smallest absolute Gasteiger partial charge is 0.263 e. The van der Waals surface area contributed by atoms with E-state index in [2.05, 4.69) is 25.8 Å². The standard InChI is InChI=1S/C14H11BrN2O3S/c1-9-8-10(15)6-7-13(9)21(18,19)17-14-11-4-2-3-5-12(11)20-16-14/h2-8H,1H3,(H,16,17). The van der Waals surface area contributed by atoms with Crippen LogP contribution in [0.1, 0.15) is 5.56 Å². The van der Waals surface area contributed by atoms with Crippen molar-refractivity contribution in [3.8, 4) is 0 Å². The first-order chi connectivity index (χ1) is 9.97. The van der Waals surface area contributed by atoms with E-state index < -0.39 is 10.0 Å². The molecule has 0 aliphatic heterocycles. The van der Waals surface area contributed by atoms with Crippen LogP contribution < -0.4 is 4.72 Å². The van der Waals surface area contributed by atoms with Crippen LogP contribution in [0.4, 0.5) is 5.82 Å². The molecule has 0 spiro atoms. The Morgan fingerprint density at radius 3 is 2.71 bits per heavy atom. The van der Waals surface area contributed by atoms with Gasteiger partial charge in [0.15, 0.2) is 11.4 Å². The molecular weight excluding hydrogens is 356 g/mol. The number of aromatic nitrogens is 1. The van der Waals surface area contributed by atoms with Crippen molar-refractivity contribution in [3.05, 3.63) is 52.5 Å². The summed E-state index contributed by atoms with van der Waals surface area (Å²) in [6.45, 7) is 1.74. The third kappa shape index (κ3) is 2.66. The van der Waals surface area contributed by atoms with Crippen LogP contribution in [0.2, 0.25) is 0 Å². The minimum atomic E-state index is -3.72. The molecule has 3 rings (SSSR count). The molecule has 0 unspecified atom stereocenters. The first kappa shape index (κ1) is 14.1. The number of sulfonamides is 1. The summed E-state index contributed by atoms with van der Waals surface area (Å²) in [7, 11) is -3.72. The SMILES string of the molecule is Cc1cc(Br)ccc1S(=O)(=O)Nc1noc2ccccc12. The average Bonchev–Trinajstić information content (AvgIpc) is 2.81. The third-order valence-corrected chi connectivity index (χ3v) is 5.03. The lowest BCUT2D eigenvalue weighted by Gasteiger charge is -2.08. The van der Waals surface area contributed by atoms with Crippen LogP contribution in [0.15, 0.2) is 56.4 Å². The average molecular weight is 367 g/mol. The van der Waals surface area contributed by atoms with E-state index in [1.807, 2.05) is 0 Å². The fraction of sp³-hybridized carbons (Fsp3) is 0.0714. The maximum atomic E-state index is 12.5. The Balaban J connectivity index is 2.03. The monoisotopic (exact) mass is 366 g/mol. The molecule has 0 fully saturated rings. The molecule has 1 aromatic heterocycles. The minimum absolute atomic E-state index is 0.188. The number of hydrogen-bond acceptors (Lipinski definition) is 4. The fourth-order valence-electron chi connectivity index (χ4n) is 2.06. The number of hydrogen-bond donors (Lipinski definition) is 1. The van der Waals surface area contributed by atoms with Gasteiger partial charge in [0.2, 0.25) is 0 Å². The van der Waals surface area contributed by atoms with E-state index in [0.717, 1.165) is 4.47 Å². The topological polar surface area (TPSA) is 72.2 Å². The second-order valence-corrected chi connectivity index (χ2v) is 7.11. The van der Waals surface area contributed by atoms with E-state index >= 15 is 0 Å². The molecule has 0 amide bonds. The van der Waals surface area contributed by atoms with Gasteiger partial charge < -0.3 is 4.52 Å². The largest absolute Gasteiger partial charge is 0.354 e. The van der Waals surface area contributed by atoms with Gasteiger partial charge in [0.25, 0.3) is 10.0 Å². The Morgan fingerprint density at radius 1 is 1.19 bits per heavy atom. The molecule has 108 valence electrons. The van der Waals surface area contributed by atoms with Crippen LogP contribution in [0, 0.1) is 6.92 Å². The summed E-state index contributed by atoms with van der Waals surface area (Å²) in [6, 6.07) is 12.0. The summed E-state index contributed by atoms with van der Waals surface area (Å²) in [5.41, 5.74) is 1.17. The second kappa shape index (κ2) is 5.16. The molecule has 21 heavy (non-hydrogen) atoms. The number of anilines is 1. The van der Waals surface area contributed by atoms with Crippen molar-refractivity contribution < 1.29 is 12.9 Å². The first-order valence-electron chi connectivity index (χ1n) is 6.11. The normalized spacial score (nSPS) is 11.7. The number of aryl methyl sites for hydroxylation is 1. The highest BCUT2D eigenvalue weighted by atomic mass is 79.9. The van der Waals surface area contributed by atoms with Crippen LogP contribution in [-0.4, -0.2) is 13.6 Å². The van der Waals surface area contributed by atoms with Crippen LogP contribution in [-0.2, 0) is 10.0 Å². The summed E-state index contributed by atoms with van der Waals surface area (Å²) >= 11 is 3.31. The van der Waals surface area contributed by atoms with Gasteiger partial charge in [-0.05, 0) is 42.8 Å². The first-order valence-corrected chi connectivity index (χ1v) is 8.38. The lowest BCUT2D eigenvalue weighted by atomic mass is 10.2. The van der Waals surface area contributed by atoms with E-state index in [1.54, 1.807) is 49.4 Å². The van der Waals surface area contributed by atoms with E-state index in [4.69, 9.17) is 4.52 Å². The fourth-order valence-corrected chi connectivity index (χ4v) is 3.77. The summed E-state index contributed by atoms with van der Waals surface area (Å²) in [4.78, 5) is 0.206. The number of nitrogens with zero attached hydrogens (tertiary/aromatic N) is 1. The van der Waals surface area contributed by atoms with Gasteiger partial charge in [0, 0.05) is 4.47 Å². The van der Waals surface area contributed by atoms with Gasteiger partial charge in [-0.2, -0.15) is 0 Å². The maximum absolute atomic E-state index is 12.5. The molecule has 1 N–H and O–H groups in total. The zero-order chi connectivity index (χ0) is 15.0. The van der Waals surface area contributed by atoms with Crippen molar-refractivity contribution in [3.63, 3.8) is 0 Å². The van der Waals surface area contributed by atoms with Crippen LogP contribution >= 0.6 is 15.9 Å². The summed E-state index contributed by atoms with van der Waals surface area (Å²) in [6.07, 6.45) is 0. The van der Waals surface area contributed by atoms with Crippen molar-refractivity contribution >= 4 is 42.7 Å². The van der Waals surface area contributed by atoms with Gasteiger partial charge in [0.05, 0.1) is 10.3 Å². The molecule has 0 saturated carbocycles. The van der Waals surface area contributed by atoms with E-state index in [-0.39, 0.29) is 10.7 Å². The van der Waals surface area contributed by atoms with Crippen LogP contribution in [0.3, 0.4) is 0 Å². The van der Waals surface area contributed by atoms with Crippen molar-refractivity contribution in [1.29, 1.82) is 0 Å². The number of nitrogens with one attached hydrogen (secondary N) is 1. The Kier molecular flexibility index (Phi) is 3.46. The molecule has 0 aliphatic rings. The highest BCUT2D eigenvalue weighted by Crippen LogP contribution is 2.26. The Hall–Kier alpha value is -1.86. The van der Waals surface area contributed by atoms with Crippen LogP contribution in [0.25, 0.3) is 11.0 Å². The molecule has 1 heterocycles. The molecule has 5 nitrogen and oxygen atoms in total. The van der Waals surface area contributed by atoms with E-state index in [1.165, 1.54) is 0 Å². The summed E-state index contributed by atoms with van der Waals surface area (Å²) < 4.78 is 33.3. The maximum Gasteiger partial charge on any atom is 0.263 e. The number of halogens is 1. The third-order valence-electron chi connectivity index (χ3n) is 3.03. The van der Waals surface area contributed by atoms with E-state index in [0.29, 0.717) is 16.5 Å². The zero-order valence-corrected chi connectivity index (χ0v) is 13.4. The zero-order valence-electron chi connectivity index (χ0n) is 11.0. The van der Waals surface area contributed by atoms with Crippen LogP contribution in [0.5, 0.6) is 0 Å². The Bertz CT molecular complexity index is 919. The number of para-hydroxylation sites is 1. The minimum Gasteiger partial charge on any atom is -0.354 e. The quantitative estimate of drug-likeness (QED) is 0.766. The lowest BCUT2D eigenvalue weighted by molar-refractivity contribution is 0.460. The van der Waals surface area contributed by atoms with Crippen molar-refractivity contribution in [1.82, 2.24) is 5.16 Å². The second-order valence-electron chi connectivity index (χ2n) is 4.54. The Morgan fingerprint density at radius 2 is 1.95 bits per heavy atom. The van der Waals surface area contributed by atoms with Gasteiger partial charge in [-0.15, -0.1) is 0 Å². The molecule has 2 aromatic carbocycles. The van der Waals surface area contributed by atoms with Gasteiger partial charge in [-0.25, -0.2) is 8.42 Å². The van der Waals surface area contributed by atoms with Crippen molar-refractivity contribution in [2.75, 3.05) is 4.72 Å².